The van der Waals surface area contributed by atoms with Crippen LogP contribution in [0.5, 0.6) is 5.75 Å². The molecular weight excluding hydrogens is 432 g/mol. The Hall–Kier alpha value is -3.28. The Labute approximate surface area is 198 Å². The van der Waals surface area contributed by atoms with E-state index in [2.05, 4.69) is 52.7 Å². The predicted molar refractivity (Wildman–Crippen MR) is 139 cm³/mol. The zero-order valence-electron chi connectivity index (χ0n) is 18.9. The van der Waals surface area contributed by atoms with Crippen LogP contribution in [0, 0.1) is 0 Å². The third-order valence-corrected chi connectivity index (χ3v) is 6.31. The molecule has 0 saturated heterocycles. The van der Waals surface area contributed by atoms with Gasteiger partial charge in [-0.05, 0) is 61.0 Å². The molecule has 5 aromatic rings. The van der Waals surface area contributed by atoms with Crippen molar-refractivity contribution in [2.24, 2.45) is 7.05 Å². The molecule has 168 valence electrons. The Morgan fingerprint density at radius 3 is 2.70 bits per heavy atom. The van der Waals surface area contributed by atoms with Crippen LogP contribution in [0.15, 0.2) is 66.9 Å². The van der Waals surface area contributed by atoms with E-state index in [0.29, 0.717) is 5.02 Å². The summed E-state index contributed by atoms with van der Waals surface area (Å²) in [7, 11) is 3.78. The molecule has 0 spiro atoms. The van der Waals surface area contributed by atoms with Crippen LogP contribution < -0.4 is 15.4 Å². The van der Waals surface area contributed by atoms with Crippen LogP contribution in [0.4, 0.5) is 5.69 Å². The van der Waals surface area contributed by atoms with E-state index in [-0.39, 0.29) is 0 Å². The molecule has 2 heterocycles. The number of hydrogen-bond donors (Lipinski definition) is 2. The molecule has 0 bridgehead atoms. The highest BCUT2D eigenvalue weighted by atomic mass is 35.5. The number of nitrogens with zero attached hydrogens (tertiary/aromatic N) is 2. The van der Waals surface area contributed by atoms with Crippen molar-refractivity contribution in [3.8, 4) is 5.75 Å². The molecule has 0 radical (unpaired) electrons. The minimum atomic E-state index is 0.687. The van der Waals surface area contributed by atoms with E-state index in [4.69, 9.17) is 21.3 Å². The maximum absolute atomic E-state index is 6.23. The number of methoxy groups -OCH3 is 1. The van der Waals surface area contributed by atoms with Crippen molar-refractivity contribution in [3.63, 3.8) is 0 Å². The number of rotatable bonds is 8. The van der Waals surface area contributed by atoms with E-state index in [1.807, 2.05) is 36.4 Å². The molecule has 5 rings (SSSR count). The first kappa shape index (κ1) is 21.6. The molecule has 0 aliphatic heterocycles. The molecule has 3 aromatic carbocycles. The number of halogens is 1. The molecule has 33 heavy (non-hydrogen) atoms. The zero-order chi connectivity index (χ0) is 22.8. The fraction of sp³-hybridized carbons (Fsp3) is 0.222. The van der Waals surface area contributed by atoms with Gasteiger partial charge in [-0.15, -0.1) is 0 Å². The fourth-order valence-corrected chi connectivity index (χ4v) is 4.60. The number of fused-ring (bicyclic) bond motifs is 3. The number of benzene rings is 3. The number of para-hydroxylation sites is 1. The Morgan fingerprint density at radius 1 is 0.939 bits per heavy atom. The number of aromatic nitrogens is 2. The molecule has 5 nitrogen and oxygen atoms in total. The van der Waals surface area contributed by atoms with Crippen molar-refractivity contribution in [1.82, 2.24) is 14.9 Å². The molecule has 0 unspecified atom stereocenters. The largest absolute Gasteiger partial charge is 0.497 e. The van der Waals surface area contributed by atoms with Crippen LogP contribution in [0.2, 0.25) is 5.02 Å². The van der Waals surface area contributed by atoms with Crippen molar-refractivity contribution in [1.29, 1.82) is 0 Å². The summed E-state index contributed by atoms with van der Waals surface area (Å²) in [4.78, 5) is 4.80. The minimum Gasteiger partial charge on any atom is -0.497 e. The van der Waals surface area contributed by atoms with Gasteiger partial charge in [-0.3, -0.25) is 0 Å². The lowest BCUT2D eigenvalue weighted by Gasteiger charge is -2.14. The predicted octanol–water partition coefficient (Wildman–Crippen LogP) is 6.13. The molecule has 0 aliphatic rings. The number of pyridine rings is 1. The average Bonchev–Trinajstić information content (AvgIpc) is 3.15. The molecule has 0 saturated carbocycles. The lowest BCUT2D eigenvalue weighted by atomic mass is 10.1. The van der Waals surface area contributed by atoms with Gasteiger partial charge in [0.05, 0.1) is 23.8 Å². The average molecular weight is 459 g/mol. The Bertz CT molecular complexity index is 1440. The van der Waals surface area contributed by atoms with Crippen LogP contribution in [-0.4, -0.2) is 29.8 Å². The van der Waals surface area contributed by atoms with E-state index < -0.39 is 0 Å². The first-order valence-electron chi connectivity index (χ1n) is 11.2. The van der Waals surface area contributed by atoms with E-state index in [9.17, 15) is 0 Å². The smallest absolute Gasteiger partial charge is 0.119 e. The summed E-state index contributed by atoms with van der Waals surface area (Å²) < 4.78 is 7.64. The summed E-state index contributed by atoms with van der Waals surface area (Å²) in [5.41, 5.74) is 5.47. The van der Waals surface area contributed by atoms with Crippen molar-refractivity contribution >= 4 is 50.0 Å². The van der Waals surface area contributed by atoms with Crippen molar-refractivity contribution < 1.29 is 4.74 Å². The SMILES string of the molecule is COc1ccc2nc3cc(Cl)ccc3c(NCCCNCc3cn(C)c4ccccc34)c2c1. The number of anilines is 1. The Kier molecular flexibility index (Phi) is 6.07. The van der Waals surface area contributed by atoms with E-state index in [0.717, 1.165) is 59.3 Å². The van der Waals surface area contributed by atoms with Crippen molar-refractivity contribution in [2.45, 2.75) is 13.0 Å². The van der Waals surface area contributed by atoms with Crippen molar-refractivity contribution in [2.75, 3.05) is 25.5 Å². The molecule has 2 aromatic heterocycles. The van der Waals surface area contributed by atoms with E-state index >= 15 is 0 Å². The molecule has 2 N–H and O–H groups in total. The number of ether oxygens (including phenoxy) is 1. The van der Waals surface area contributed by atoms with Gasteiger partial charge in [0, 0.05) is 53.0 Å². The quantitative estimate of drug-likeness (QED) is 0.217. The lowest BCUT2D eigenvalue weighted by Crippen LogP contribution is -2.17. The van der Waals surface area contributed by atoms with Crippen LogP contribution in [0.1, 0.15) is 12.0 Å². The molecule has 0 atom stereocenters. The second-order valence-corrected chi connectivity index (χ2v) is 8.71. The number of aryl methyl sites for hydroxylation is 1. The first-order chi connectivity index (χ1) is 16.1. The summed E-state index contributed by atoms with van der Waals surface area (Å²) in [6.07, 6.45) is 3.21. The van der Waals surface area contributed by atoms with E-state index in [1.54, 1.807) is 7.11 Å². The third-order valence-electron chi connectivity index (χ3n) is 6.07. The highest BCUT2D eigenvalue weighted by molar-refractivity contribution is 6.31. The standard InChI is InChI=1S/C27H27ClN4O/c1-32-17-18(21-6-3-4-7-26(21)32)16-29-12-5-13-30-27-22-10-8-19(28)14-25(22)31-24-11-9-20(33-2)15-23(24)27/h3-4,6-11,14-15,17,29H,5,12-13,16H2,1-2H3,(H,30,31). The summed E-state index contributed by atoms with van der Waals surface area (Å²) >= 11 is 6.23. The topological polar surface area (TPSA) is 51.1 Å². The zero-order valence-corrected chi connectivity index (χ0v) is 19.6. The van der Waals surface area contributed by atoms with Crippen LogP contribution >= 0.6 is 11.6 Å². The maximum Gasteiger partial charge on any atom is 0.119 e. The second kappa shape index (κ2) is 9.30. The maximum atomic E-state index is 6.23. The summed E-state index contributed by atoms with van der Waals surface area (Å²) in [5, 5.41) is 11.3. The summed E-state index contributed by atoms with van der Waals surface area (Å²) in [5.74, 6) is 0.817. The normalized spacial score (nSPS) is 11.5. The summed E-state index contributed by atoms with van der Waals surface area (Å²) in [6, 6.07) is 20.4. The Balaban J connectivity index is 1.28. The fourth-order valence-electron chi connectivity index (χ4n) is 4.43. The van der Waals surface area contributed by atoms with Gasteiger partial charge in [0.1, 0.15) is 5.75 Å². The molecule has 0 amide bonds. The van der Waals surface area contributed by atoms with Crippen LogP contribution in [0.3, 0.4) is 0 Å². The van der Waals surface area contributed by atoms with Crippen molar-refractivity contribution in [3.05, 3.63) is 77.4 Å². The van der Waals surface area contributed by atoms with Crippen LogP contribution in [0.25, 0.3) is 32.7 Å². The van der Waals surface area contributed by atoms with Gasteiger partial charge in [0.25, 0.3) is 0 Å². The second-order valence-electron chi connectivity index (χ2n) is 8.27. The van der Waals surface area contributed by atoms with Gasteiger partial charge in [-0.2, -0.15) is 0 Å². The minimum absolute atomic E-state index is 0.687. The van der Waals surface area contributed by atoms with Gasteiger partial charge in [-0.25, -0.2) is 4.98 Å². The van der Waals surface area contributed by atoms with Crippen LogP contribution in [-0.2, 0) is 13.6 Å². The number of nitrogens with one attached hydrogen (secondary N) is 2. The lowest BCUT2D eigenvalue weighted by molar-refractivity contribution is 0.415. The number of hydrogen-bond acceptors (Lipinski definition) is 4. The molecule has 0 aliphatic carbocycles. The van der Waals surface area contributed by atoms with Gasteiger partial charge >= 0.3 is 0 Å². The summed E-state index contributed by atoms with van der Waals surface area (Å²) in [6.45, 7) is 2.63. The monoisotopic (exact) mass is 458 g/mol. The molecule has 6 heteroatoms. The molecule has 0 fully saturated rings. The highest BCUT2D eigenvalue weighted by Gasteiger charge is 2.11. The first-order valence-corrected chi connectivity index (χ1v) is 11.6. The highest BCUT2D eigenvalue weighted by Crippen LogP contribution is 2.34. The van der Waals surface area contributed by atoms with Gasteiger partial charge < -0.3 is 19.9 Å². The Morgan fingerprint density at radius 2 is 1.82 bits per heavy atom. The van der Waals surface area contributed by atoms with Gasteiger partial charge in [0.15, 0.2) is 0 Å². The van der Waals surface area contributed by atoms with Gasteiger partial charge in [-0.1, -0.05) is 29.8 Å². The van der Waals surface area contributed by atoms with E-state index in [1.165, 1.54) is 16.5 Å². The molecular formula is C27H27ClN4O. The van der Waals surface area contributed by atoms with Gasteiger partial charge in [0.2, 0.25) is 0 Å². The third kappa shape index (κ3) is 4.34.